The number of nitrogens with zero attached hydrogens (tertiary/aromatic N) is 1. The fraction of sp³-hybridized carbons (Fsp3) is 0.600. The van der Waals surface area contributed by atoms with Crippen molar-refractivity contribution in [3.63, 3.8) is 0 Å². The molecule has 0 radical (unpaired) electrons. The van der Waals surface area contributed by atoms with Crippen molar-refractivity contribution >= 4 is 33.2 Å². The second-order valence-electron chi connectivity index (χ2n) is 5.24. The number of likely N-dealkylation sites (tertiary alicyclic amines) is 1. The Morgan fingerprint density at radius 2 is 2.21 bits per heavy atom. The summed E-state index contributed by atoms with van der Waals surface area (Å²) in [5, 5.41) is 4.42. The van der Waals surface area contributed by atoms with Gasteiger partial charge in [-0.25, -0.2) is 0 Å². The van der Waals surface area contributed by atoms with Gasteiger partial charge < -0.3 is 10.2 Å². The van der Waals surface area contributed by atoms with Crippen LogP contribution in [0.25, 0.3) is 0 Å². The van der Waals surface area contributed by atoms with Gasteiger partial charge in [-0.3, -0.25) is 0 Å². The summed E-state index contributed by atoms with van der Waals surface area (Å²) in [5.74, 6) is 0. The molecule has 1 unspecified atom stereocenters. The van der Waals surface area contributed by atoms with Crippen LogP contribution in [0.4, 0.5) is 5.69 Å². The van der Waals surface area contributed by atoms with E-state index in [-0.39, 0.29) is 0 Å². The van der Waals surface area contributed by atoms with Crippen LogP contribution >= 0.6 is 27.5 Å². The second-order valence-corrected chi connectivity index (χ2v) is 6.53. The Morgan fingerprint density at radius 3 is 3.00 bits per heavy atom. The Kier molecular flexibility index (Phi) is 5.99. The minimum Gasteiger partial charge on any atom is -0.381 e. The molecule has 0 bridgehead atoms. The van der Waals surface area contributed by atoms with E-state index in [0.717, 1.165) is 15.2 Å². The van der Waals surface area contributed by atoms with Gasteiger partial charge in [0.05, 0.1) is 5.69 Å². The monoisotopic (exact) mass is 344 g/mol. The topological polar surface area (TPSA) is 15.3 Å². The predicted octanol–water partition coefficient (Wildman–Crippen LogP) is 4.78. The van der Waals surface area contributed by atoms with E-state index in [9.17, 15) is 0 Å². The Hall–Kier alpha value is -0.250. The van der Waals surface area contributed by atoms with Crippen molar-refractivity contribution in [2.75, 3.05) is 25.0 Å². The largest absolute Gasteiger partial charge is 0.381 e. The van der Waals surface area contributed by atoms with Gasteiger partial charge in [-0.1, -0.05) is 18.5 Å². The highest BCUT2D eigenvalue weighted by molar-refractivity contribution is 9.10. The zero-order valence-electron chi connectivity index (χ0n) is 11.5. The molecule has 4 heteroatoms. The SMILES string of the molecule is CCCN1CCCC(Nc2cc(Cl)ccc2Br)CC1. The van der Waals surface area contributed by atoms with E-state index in [1.807, 2.05) is 18.2 Å². The average Bonchev–Trinajstić information content (AvgIpc) is 2.60. The molecule has 106 valence electrons. The van der Waals surface area contributed by atoms with Gasteiger partial charge in [-0.15, -0.1) is 0 Å². The first-order chi connectivity index (χ1) is 9.19. The number of benzene rings is 1. The molecule has 0 aromatic heterocycles. The van der Waals surface area contributed by atoms with Crippen LogP contribution in [0.15, 0.2) is 22.7 Å². The summed E-state index contributed by atoms with van der Waals surface area (Å²) in [7, 11) is 0. The van der Waals surface area contributed by atoms with Gasteiger partial charge in [0.2, 0.25) is 0 Å². The van der Waals surface area contributed by atoms with Crippen LogP contribution in [0.5, 0.6) is 0 Å². The van der Waals surface area contributed by atoms with Crippen LogP contribution in [0, 0.1) is 0 Å². The minimum atomic E-state index is 0.552. The highest BCUT2D eigenvalue weighted by Crippen LogP contribution is 2.28. The highest BCUT2D eigenvalue weighted by atomic mass is 79.9. The predicted molar refractivity (Wildman–Crippen MR) is 87.1 cm³/mol. The summed E-state index contributed by atoms with van der Waals surface area (Å²) in [5.41, 5.74) is 1.11. The molecule has 0 saturated carbocycles. The van der Waals surface area contributed by atoms with Crippen molar-refractivity contribution in [1.29, 1.82) is 0 Å². The van der Waals surface area contributed by atoms with E-state index >= 15 is 0 Å². The molecule has 1 saturated heterocycles. The van der Waals surface area contributed by atoms with Crippen molar-refractivity contribution in [2.24, 2.45) is 0 Å². The Balaban J connectivity index is 1.94. The number of rotatable bonds is 4. The van der Waals surface area contributed by atoms with Gasteiger partial charge in [0, 0.05) is 22.1 Å². The molecule has 0 aliphatic carbocycles. The van der Waals surface area contributed by atoms with Gasteiger partial charge in [-0.2, -0.15) is 0 Å². The van der Waals surface area contributed by atoms with Crippen LogP contribution in [0.3, 0.4) is 0 Å². The summed E-state index contributed by atoms with van der Waals surface area (Å²) < 4.78 is 1.09. The number of halogens is 2. The Labute approximate surface area is 129 Å². The van der Waals surface area contributed by atoms with Crippen LogP contribution < -0.4 is 5.32 Å². The van der Waals surface area contributed by atoms with Crippen molar-refractivity contribution in [2.45, 2.75) is 38.6 Å². The quantitative estimate of drug-likeness (QED) is 0.845. The minimum absolute atomic E-state index is 0.552. The molecule has 0 amide bonds. The number of hydrogen-bond acceptors (Lipinski definition) is 2. The lowest BCUT2D eigenvalue weighted by Gasteiger charge is -2.20. The molecule has 1 atom stereocenters. The lowest BCUT2D eigenvalue weighted by Crippen LogP contribution is -2.27. The third-order valence-corrected chi connectivity index (χ3v) is 4.58. The zero-order chi connectivity index (χ0) is 13.7. The molecule has 1 aliphatic rings. The van der Waals surface area contributed by atoms with Gasteiger partial charge in [-0.05, 0) is 72.9 Å². The molecule has 1 aromatic carbocycles. The lowest BCUT2D eigenvalue weighted by atomic mass is 10.1. The summed E-state index contributed by atoms with van der Waals surface area (Å²) in [6, 6.07) is 6.47. The number of hydrogen-bond donors (Lipinski definition) is 1. The molecular formula is C15H22BrClN2. The second kappa shape index (κ2) is 7.51. The lowest BCUT2D eigenvalue weighted by molar-refractivity contribution is 0.285. The van der Waals surface area contributed by atoms with Crippen molar-refractivity contribution in [1.82, 2.24) is 4.90 Å². The average molecular weight is 346 g/mol. The van der Waals surface area contributed by atoms with Gasteiger partial charge >= 0.3 is 0 Å². The Bertz CT molecular complexity index is 411. The summed E-state index contributed by atoms with van der Waals surface area (Å²) >= 11 is 9.64. The van der Waals surface area contributed by atoms with Crippen LogP contribution in [0.2, 0.25) is 5.02 Å². The maximum absolute atomic E-state index is 6.06. The van der Waals surface area contributed by atoms with E-state index in [4.69, 9.17) is 11.6 Å². The molecule has 1 fully saturated rings. The third-order valence-electron chi connectivity index (χ3n) is 3.65. The van der Waals surface area contributed by atoms with Gasteiger partial charge in [0.1, 0.15) is 0 Å². The normalized spacial score (nSPS) is 21.1. The maximum Gasteiger partial charge on any atom is 0.0501 e. The summed E-state index contributed by atoms with van der Waals surface area (Å²) in [6.45, 7) is 5.92. The molecule has 1 heterocycles. The fourth-order valence-electron chi connectivity index (χ4n) is 2.67. The van der Waals surface area contributed by atoms with Crippen molar-refractivity contribution in [3.05, 3.63) is 27.7 Å². The van der Waals surface area contributed by atoms with Gasteiger partial charge in [0.15, 0.2) is 0 Å². The fourth-order valence-corrected chi connectivity index (χ4v) is 3.20. The first kappa shape index (κ1) is 15.1. The van der Waals surface area contributed by atoms with E-state index in [0.29, 0.717) is 6.04 Å². The van der Waals surface area contributed by atoms with Crippen LogP contribution in [-0.2, 0) is 0 Å². The van der Waals surface area contributed by atoms with Crippen LogP contribution in [-0.4, -0.2) is 30.6 Å². The standard InChI is InChI=1S/C15H22BrClN2/c1-2-8-19-9-3-4-13(7-10-19)18-15-11-12(17)5-6-14(15)16/h5-6,11,13,18H,2-4,7-10H2,1H3. The molecule has 2 nitrogen and oxygen atoms in total. The Morgan fingerprint density at radius 1 is 1.37 bits per heavy atom. The van der Waals surface area contributed by atoms with Crippen molar-refractivity contribution < 1.29 is 0 Å². The molecule has 1 aromatic rings. The summed E-state index contributed by atoms with van der Waals surface area (Å²) in [4.78, 5) is 2.58. The molecular weight excluding hydrogens is 324 g/mol. The molecule has 1 N–H and O–H groups in total. The smallest absolute Gasteiger partial charge is 0.0501 e. The third kappa shape index (κ3) is 4.66. The van der Waals surface area contributed by atoms with E-state index in [1.165, 1.54) is 45.3 Å². The van der Waals surface area contributed by atoms with Crippen LogP contribution in [0.1, 0.15) is 32.6 Å². The van der Waals surface area contributed by atoms with Gasteiger partial charge in [0.25, 0.3) is 0 Å². The molecule has 1 aliphatic heterocycles. The zero-order valence-corrected chi connectivity index (χ0v) is 13.8. The van der Waals surface area contributed by atoms with E-state index in [2.05, 4.69) is 33.1 Å². The first-order valence-corrected chi connectivity index (χ1v) is 8.30. The number of anilines is 1. The first-order valence-electron chi connectivity index (χ1n) is 7.13. The molecule has 19 heavy (non-hydrogen) atoms. The number of nitrogens with one attached hydrogen (secondary N) is 1. The van der Waals surface area contributed by atoms with Crippen molar-refractivity contribution in [3.8, 4) is 0 Å². The van der Waals surface area contributed by atoms with E-state index in [1.54, 1.807) is 0 Å². The maximum atomic E-state index is 6.06. The summed E-state index contributed by atoms with van der Waals surface area (Å²) in [6.07, 6.45) is 4.96. The van der Waals surface area contributed by atoms with E-state index < -0.39 is 0 Å². The molecule has 0 spiro atoms. The highest BCUT2D eigenvalue weighted by Gasteiger charge is 2.17. The molecule has 2 rings (SSSR count).